The first-order valence-corrected chi connectivity index (χ1v) is 7.08. The van der Waals surface area contributed by atoms with Gasteiger partial charge in [-0.05, 0) is 36.1 Å². The summed E-state index contributed by atoms with van der Waals surface area (Å²) in [4.78, 5) is 12.1. The lowest BCUT2D eigenvalue weighted by molar-refractivity contribution is -0.121. The number of carbonyl (C=O) groups excluding carboxylic acids is 1. The Labute approximate surface area is 124 Å². The highest BCUT2D eigenvalue weighted by molar-refractivity contribution is 5.83. The minimum absolute atomic E-state index is 0.0249. The van der Waals surface area contributed by atoms with Crippen LogP contribution in [0.2, 0.25) is 0 Å². The van der Waals surface area contributed by atoms with E-state index in [1.807, 2.05) is 47.2 Å². The maximum Gasteiger partial charge on any atom is 0.240 e. The van der Waals surface area contributed by atoms with Gasteiger partial charge in [0.2, 0.25) is 5.91 Å². The van der Waals surface area contributed by atoms with Crippen molar-refractivity contribution in [3.05, 3.63) is 71.9 Å². The number of hydrogen-bond acceptors (Lipinski definition) is 1. The lowest BCUT2D eigenvalue weighted by atomic mass is 10.2. The molecule has 0 unspecified atom stereocenters. The summed E-state index contributed by atoms with van der Waals surface area (Å²) in [5.41, 5.74) is 3.43. The highest BCUT2D eigenvalue weighted by atomic mass is 16.1. The second kappa shape index (κ2) is 5.83. The Balaban J connectivity index is 1.66. The third-order valence-corrected chi connectivity index (χ3v) is 3.57. The first kappa shape index (κ1) is 13.4. The van der Waals surface area contributed by atoms with E-state index in [1.165, 1.54) is 10.9 Å². The molecule has 0 atom stereocenters. The molecule has 0 saturated heterocycles. The van der Waals surface area contributed by atoms with Gasteiger partial charge >= 0.3 is 0 Å². The van der Waals surface area contributed by atoms with Gasteiger partial charge in [-0.15, -0.1) is 0 Å². The largest absolute Gasteiger partial charge is 0.350 e. The summed E-state index contributed by atoms with van der Waals surface area (Å²) in [6.45, 7) is 2.99. The van der Waals surface area contributed by atoms with E-state index in [0.717, 1.165) is 11.1 Å². The van der Waals surface area contributed by atoms with Crippen molar-refractivity contribution >= 4 is 16.8 Å². The summed E-state index contributed by atoms with van der Waals surface area (Å²) in [5, 5.41) is 4.13. The van der Waals surface area contributed by atoms with Crippen LogP contribution in [0.1, 0.15) is 11.1 Å². The third kappa shape index (κ3) is 3.14. The van der Waals surface area contributed by atoms with Gasteiger partial charge in [0.15, 0.2) is 0 Å². The van der Waals surface area contributed by atoms with E-state index in [0.29, 0.717) is 13.1 Å². The van der Waals surface area contributed by atoms with Gasteiger partial charge in [-0.1, -0.05) is 42.0 Å². The second-order valence-corrected chi connectivity index (χ2v) is 5.27. The van der Waals surface area contributed by atoms with E-state index in [2.05, 4.69) is 30.4 Å². The predicted octanol–water partition coefficient (Wildman–Crippen LogP) is 3.27. The average molecular weight is 278 g/mol. The van der Waals surface area contributed by atoms with Crippen molar-refractivity contribution in [2.24, 2.45) is 0 Å². The van der Waals surface area contributed by atoms with Gasteiger partial charge in [-0.25, -0.2) is 0 Å². The number of aryl methyl sites for hydroxylation is 1. The molecule has 1 aromatic heterocycles. The van der Waals surface area contributed by atoms with E-state index < -0.39 is 0 Å². The number of hydrogen-bond donors (Lipinski definition) is 1. The molecule has 0 aliphatic rings. The molecule has 2 aromatic carbocycles. The van der Waals surface area contributed by atoms with Crippen molar-refractivity contribution in [1.29, 1.82) is 0 Å². The third-order valence-electron chi connectivity index (χ3n) is 3.57. The lowest BCUT2D eigenvalue weighted by Gasteiger charge is -2.07. The normalized spacial score (nSPS) is 10.7. The van der Waals surface area contributed by atoms with Crippen molar-refractivity contribution in [1.82, 2.24) is 9.88 Å². The average Bonchev–Trinajstić information content (AvgIpc) is 2.88. The summed E-state index contributed by atoms with van der Waals surface area (Å²) in [7, 11) is 0. The fraction of sp³-hybridized carbons (Fsp3) is 0.167. The zero-order chi connectivity index (χ0) is 14.7. The van der Waals surface area contributed by atoms with Gasteiger partial charge in [-0.2, -0.15) is 0 Å². The molecular weight excluding hydrogens is 260 g/mol. The Morgan fingerprint density at radius 2 is 1.90 bits per heavy atom. The fourth-order valence-electron chi connectivity index (χ4n) is 2.46. The van der Waals surface area contributed by atoms with Gasteiger partial charge in [0.25, 0.3) is 0 Å². The maximum absolute atomic E-state index is 12.1. The Hall–Kier alpha value is -2.55. The summed E-state index contributed by atoms with van der Waals surface area (Å²) in [5.74, 6) is 0.0249. The van der Waals surface area contributed by atoms with E-state index in [4.69, 9.17) is 0 Å². The minimum atomic E-state index is 0.0249. The molecule has 1 N–H and O–H groups in total. The van der Waals surface area contributed by atoms with Crippen LogP contribution in [0.5, 0.6) is 0 Å². The molecule has 3 rings (SSSR count). The molecule has 0 aliphatic carbocycles. The second-order valence-electron chi connectivity index (χ2n) is 5.27. The highest BCUT2D eigenvalue weighted by Gasteiger charge is 2.06. The fourth-order valence-corrected chi connectivity index (χ4v) is 2.46. The van der Waals surface area contributed by atoms with Gasteiger partial charge < -0.3 is 9.88 Å². The Morgan fingerprint density at radius 1 is 1.10 bits per heavy atom. The van der Waals surface area contributed by atoms with Crippen molar-refractivity contribution in [2.75, 3.05) is 0 Å². The van der Waals surface area contributed by atoms with Gasteiger partial charge in [0, 0.05) is 18.3 Å². The number of aromatic nitrogens is 1. The smallest absolute Gasteiger partial charge is 0.240 e. The number of amides is 1. The summed E-state index contributed by atoms with van der Waals surface area (Å²) < 4.78 is 1.98. The quantitative estimate of drug-likeness (QED) is 0.781. The van der Waals surface area contributed by atoms with Crippen molar-refractivity contribution in [2.45, 2.75) is 20.0 Å². The number of nitrogens with zero attached hydrogens (tertiary/aromatic N) is 1. The molecule has 21 heavy (non-hydrogen) atoms. The monoisotopic (exact) mass is 278 g/mol. The molecule has 0 saturated carbocycles. The SMILES string of the molecule is Cc1ccc2c(ccn2CC(=O)NCc2ccccc2)c1. The molecule has 1 heterocycles. The van der Waals surface area contributed by atoms with Crippen LogP contribution in [-0.4, -0.2) is 10.5 Å². The molecule has 106 valence electrons. The van der Waals surface area contributed by atoms with Crippen LogP contribution < -0.4 is 5.32 Å². The van der Waals surface area contributed by atoms with Gasteiger partial charge in [0.05, 0.1) is 0 Å². The zero-order valence-electron chi connectivity index (χ0n) is 12.0. The molecule has 0 spiro atoms. The molecule has 3 heteroatoms. The van der Waals surface area contributed by atoms with E-state index in [9.17, 15) is 4.79 Å². The van der Waals surface area contributed by atoms with Crippen LogP contribution in [0.25, 0.3) is 10.9 Å². The number of carbonyl (C=O) groups is 1. The van der Waals surface area contributed by atoms with E-state index in [1.54, 1.807) is 0 Å². The van der Waals surface area contributed by atoms with Crippen molar-refractivity contribution in [3.63, 3.8) is 0 Å². The van der Waals surface area contributed by atoms with E-state index >= 15 is 0 Å². The molecule has 0 fully saturated rings. The van der Waals surface area contributed by atoms with Crippen LogP contribution >= 0.6 is 0 Å². The first-order chi connectivity index (χ1) is 10.2. The molecule has 1 amide bonds. The molecule has 3 nitrogen and oxygen atoms in total. The number of rotatable bonds is 4. The van der Waals surface area contributed by atoms with Crippen LogP contribution in [0.4, 0.5) is 0 Å². The summed E-state index contributed by atoms with van der Waals surface area (Å²) in [6, 6.07) is 18.3. The van der Waals surface area contributed by atoms with Crippen LogP contribution in [-0.2, 0) is 17.9 Å². The molecule has 0 radical (unpaired) electrons. The lowest BCUT2D eigenvalue weighted by Crippen LogP contribution is -2.26. The summed E-state index contributed by atoms with van der Waals surface area (Å²) in [6.07, 6.45) is 1.96. The molecule has 0 bridgehead atoms. The Morgan fingerprint density at radius 3 is 2.71 bits per heavy atom. The van der Waals surface area contributed by atoms with Crippen molar-refractivity contribution < 1.29 is 4.79 Å². The standard InChI is InChI=1S/C18H18N2O/c1-14-7-8-17-16(11-14)9-10-20(17)13-18(21)19-12-15-5-3-2-4-6-15/h2-11H,12-13H2,1H3,(H,19,21). The topological polar surface area (TPSA) is 34.0 Å². The number of fused-ring (bicyclic) bond motifs is 1. The molecular formula is C18H18N2O. The van der Waals surface area contributed by atoms with Crippen molar-refractivity contribution in [3.8, 4) is 0 Å². The first-order valence-electron chi connectivity index (χ1n) is 7.08. The number of benzene rings is 2. The van der Waals surface area contributed by atoms with Crippen LogP contribution in [0.15, 0.2) is 60.8 Å². The number of nitrogens with one attached hydrogen (secondary N) is 1. The van der Waals surface area contributed by atoms with E-state index in [-0.39, 0.29) is 5.91 Å². The van der Waals surface area contributed by atoms with Crippen LogP contribution in [0, 0.1) is 6.92 Å². The Bertz CT molecular complexity index is 759. The maximum atomic E-state index is 12.1. The minimum Gasteiger partial charge on any atom is -0.350 e. The van der Waals surface area contributed by atoms with Crippen LogP contribution in [0.3, 0.4) is 0 Å². The predicted molar refractivity (Wildman–Crippen MR) is 85.0 cm³/mol. The zero-order valence-corrected chi connectivity index (χ0v) is 12.0. The molecule has 0 aliphatic heterocycles. The van der Waals surface area contributed by atoms with Gasteiger partial charge in [-0.3, -0.25) is 4.79 Å². The van der Waals surface area contributed by atoms with Gasteiger partial charge in [0.1, 0.15) is 6.54 Å². The Kier molecular flexibility index (Phi) is 3.73. The highest BCUT2D eigenvalue weighted by Crippen LogP contribution is 2.17. The summed E-state index contributed by atoms with van der Waals surface area (Å²) >= 11 is 0. The molecule has 3 aromatic rings.